The van der Waals surface area contributed by atoms with E-state index in [4.69, 9.17) is 17.3 Å². The fourth-order valence-electron chi connectivity index (χ4n) is 3.65. The third-order valence-corrected chi connectivity index (χ3v) is 4.91. The van der Waals surface area contributed by atoms with E-state index in [2.05, 4.69) is 4.98 Å². The van der Waals surface area contributed by atoms with Crippen LogP contribution in [-0.2, 0) is 0 Å². The van der Waals surface area contributed by atoms with E-state index in [1.54, 1.807) is 6.07 Å². The van der Waals surface area contributed by atoms with Gasteiger partial charge in [0.05, 0.1) is 10.6 Å². The maximum absolute atomic E-state index is 12.7. The molecule has 108 valence electrons. The third-order valence-electron chi connectivity index (χ3n) is 4.61. The second-order valence-electron chi connectivity index (χ2n) is 5.84. The molecule has 0 spiro atoms. The molecule has 0 radical (unpaired) electrons. The van der Waals surface area contributed by atoms with Crippen molar-refractivity contribution >= 4 is 23.3 Å². The van der Waals surface area contributed by atoms with Gasteiger partial charge in [0.15, 0.2) is 0 Å². The van der Waals surface area contributed by atoms with E-state index in [1.807, 2.05) is 4.90 Å². The van der Waals surface area contributed by atoms with E-state index in [0.29, 0.717) is 28.4 Å². The van der Waals surface area contributed by atoms with Crippen molar-refractivity contribution in [2.45, 2.75) is 44.6 Å². The monoisotopic (exact) mass is 293 g/mol. The molecule has 1 atom stereocenters. The molecule has 2 heterocycles. The van der Waals surface area contributed by atoms with E-state index in [1.165, 1.54) is 31.9 Å². The molecular weight excluding hydrogens is 274 g/mol. The summed E-state index contributed by atoms with van der Waals surface area (Å²) in [6.45, 7) is 0.832. The molecule has 1 aliphatic carbocycles. The average Bonchev–Trinajstić information content (AvgIpc) is 3.10. The summed E-state index contributed by atoms with van der Waals surface area (Å²) in [4.78, 5) is 18.7. The summed E-state index contributed by atoms with van der Waals surface area (Å²) in [5.41, 5.74) is 6.17. The van der Waals surface area contributed by atoms with Gasteiger partial charge < -0.3 is 10.6 Å². The van der Waals surface area contributed by atoms with E-state index >= 15 is 0 Å². The van der Waals surface area contributed by atoms with Crippen LogP contribution in [0, 0.1) is 5.92 Å². The lowest BCUT2D eigenvalue weighted by atomic mass is 9.95. The molecule has 0 bridgehead atoms. The second-order valence-corrected chi connectivity index (χ2v) is 6.25. The summed E-state index contributed by atoms with van der Waals surface area (Å²) < 4.78 is 0. The number of anilines is 1. The number of carbonyl (C=O) groups is 1. The highest BCUT2D eigenvalue weighted by atomic mass is 35.5. The quantitative estimate of drug-likeness (QED) is 0.911. The normalized spacial score (nSPS) is 23.4. The van der Waals surface area contributed by atoms with Gasteiger partial charge in [-0.3, -0.25) is 4.79 Å². The first kappa shape index (κ1) is 13.7. The van der Waals surface area contributed by atoms with Gasteiger partial charge in [-0.2, -0.15) is 0 Å². The number of nitrogens with two attached hydrogens (primary N) is 1. The second kappa shape index (κ2) is 5.60. The zero-order chi connectivity index (χ0) is 14.1. The lowest BCUT2D eigenvalue weighted by Gasteiger charge is -2.29. The smallest absolute Gasteiger partial charge is 0.255 e. The Morgan fingerprint density at radius 3 is 2.80 bits per heavy atom. The molecule has 1 amide bonds. The summed E-state index contributed by atoms with van der Waals surface area (Å²) in [7, 11) is 0. The van der Waals surface area contributed by atoms with E-state index in [0.717, 1.165) is 19.4 Å². The van der Waals surface area contributed by atoms with Crippen LogP contribution in [0.5, 0.6) is 0 Å². The predicted molar refractivity (Wildman–Crippen MR) is 79.7 cm³/mol. The largest absolute Gasteiger partial charge is 0.384 e. The molecule has 1 aliphatic heterocycles. The van der Waals surface area contributed by atoms with Crippen molar-refractivity contribution in [2.24, 2.45) is 5.92 Å². The van der Waals surface area contributed by atoms with Gasteiger partial charge in [0.25, 0.3) is 5.91 Å². The maximum atomic E-state index is 12.7. The standard InChI is InChI=1S/C15H20ClN3O/c16-12-9-18-14(17)8-11(12)15(20)19-7-3-6-13(19)10-4-1-2-5-10/h8-10,13H,1-7H2,(H2,17,18). The van der Waals surface area contributed by atoms with Crippen LogP contribution >= 0.6 is 11.6 Å². The Bertz CT molecular complexity index is 514. The van der Waals surface area contributed by atoms with Crippen LogP contribution in [-0.4, -0.2) is 28.4 Å². The number of nitrogen functional groups attached to an aromatic ring is 1. The fraction of sp³-hybridized carbons (Fsp3) is 0.600. The highest BCUT2D eigenvalue weighted by Crippen LogP contribution is 2.36. The number of halogens is 1. The van der Waals surface area contributed by atoms with E-state index in [-0.39, 0.29) is 5.91 Å². The molecule has 1 aromatic rings. The first-order valence-electron chi connectivity index (χ1n) is 7.39. The topological polar surface area (TPSA) is 59.2 Å². The Kier molecular flexibility index (Phi) is 3.83. The third kappa shape index (κ3) is 2.49. The van der Waals surface area contributed by atoms with Crippen molar-refractivity contribution in [1.82, 2.24) is 9.88 Å². The molecule has 2 fully saturated rings. The molecule has 1 unspecified atom stereocenters. The summed E-state index contributed by atoms with van der Waals surface area (Å²) in [5.74, 6) is 1.02. The first-order chi connectivity index (χ1) is 9.66. The minimum absolute atomic E-state index is 0.0125. The van der Waals surface area contributed by atoms with Crippen LogP contribution in [0.4, 0.5) is 5.82 Å². The van der Waals surface area contributed by atoms with Crippen LogP contribution in [0.1, 0.15) is 48.9 Å². The lowest BCUT2D eigenvalue weighted by Crippen LogP contribution is -2.39. The van der Waals surface area contributed by atoms with Crippen molar-refractivity contribution in [1.29, 1.82) is 0 Å². The van der Waals surface area contributed by atoms with Crippen LogP contribution in [0.3, 0.4) is 0 Å². The van der Waals surface area contributed by atoms with Crippen LogP contribution in [0.15, 0.2) is 12.3 Å². The number of pyridine rings is 1. The van der Waals surface area contributed by atoms with Crippen molar-refractivity contribution in [3.63, 3.8) is 0 Å². The van der Waals surface area contributed by atoms with Gasteiger partial charge in [0.1, 0.15) is 5.82 Å². The summed E-state index contributed by atoms with van der Waals surface area (Å²) in [6.07, 6.45) is 8.77. The lowest BCUT2D eigenvalue weighted by molar-refractivity contribution is 0.0689. The average molecular weight is 294 g/mol. The van der Waals surface area contributed by atoms with Crippen LogP contribution in [0.25, 0.3) is 0 Å². The van der Waals surface area contributed by atoms with Crippen LogP contribution in [0.2, 0.25) is 5.02 Å². The van der Waals surface area contributed by atoms with E-state index < -0.39 is 0 Å². The van der Waals surface area contributed by atoms with E-state index in [9.17, 15) is 4.79 Å². The van der Waals surface area contributed by atoms with Gasteiger partial charge in [-0.15, -0.1) is 0 Å². The number of carbonyl (C=O) groups excluding carboxylic acids is 1. The molecule has 2 aliphatic rings. The molecule has 1 saturated heterocycles. The van der Waals surface area contributed by atoms with Crippen LogP contribution < -0.4 is 5.73 Å². The van der Waals surface area contributed by atoms with Crippen molar-refractivity contribution < 1.29 is 4.79 Å². The molecular formula is C15H20ClN3O. The van der Waals surface area contributed by atoms with Gasteiger partial charge in [-0.25, -0.2) is 4.98 Å². The van der Waals surface area contributed by atoms with Gasteiger partial charge in [0.2, 0.25) is 0 Å². The highest BCUT2D eigenvalue weighted by molar-refractivity contribution is 6.33. The number of amides is 1. The van der Waals surface area contributed by atoms with Crippen molar-refractivity contribution in [2.75, 3.05) is 12.3 Å². The number of hydrogen-bond donors (Lipinski definition) is 1. The Morgan fingerprint density at radius 1 is 1.30 bits per heavy atom. The zero-order valence-corrected chi connectivity index (χ0v) is 12.3. The number of hydrogen-bond acceptors (Lipinski definition) is 3. The summed E-state index contributed by atoms with van der Waals surface area (Å²) in [5, 5.41) is 0.390. The van der Waals surface area contributed by atoms with Gasteiger partial charge in [-0.1, -0.05) is 24.4 Å². The molecule has 2 N–H and O–H groups in total. The minimum Gasteiger partial charge on any atom is -0.384 e. The SMILES string of the molecule is Nc1cc(C(=O)N2CCCC2C2CCCC2)c(Cl)cn1. The molecule has 4 nitrogen and oxygen atoms in total. The molecule has 1 aromatic heterocycles. The fourth-order valence-corrected chi connectivity index (χ4v) is 3.83. The summed E-state index contributed by atoms with van der Waals surface area (Å²) >= 11 is 6.11. The molecule has 3 rings (SSSR count). The number of nitrogens with zero attached hydrogens (tertiary/aromatic N) is 2. The Morgan fingerprint density at radius 2 is 2.05 bits per heavy atom. The molecule has 0 aromatic carbocycles. The Balaban J connectivity index is 1.83. The number of rotatable bonds is 2. The van der Waals surface area contributed by atoms with Crippen molar-refractivity contribution in [3.05, 3.63) is 22.8 Å². The number of aromatic nitrogens is 1. The predicted octanol–water partition coefficient (Wildman–Crippen LogP) is 3.11. The van der Waals surface area contributed by atoms with Gasteiger partial charge in [-0.05, 0) is 37.7 Å². The minimum atomic E-state index is 0.0125. The summed E-state index contributed by atoms with van der Waals surface area (Å²) in [6, 6.07) is 1.98. The van der Waals surface area contributed by atoms with Gasteiger partial charge >= 0.3 is 0 Å². The number of likely N-dealkylation sites (tertiary alicyclic amines) is 1. The Hall–Kier alpha value is -1.29. The molecule has 1 saturated carbocycles. The highest BCUT2D eigenvalue weighted by Gasteiger charge is 2.36. The zero-order valence-electron chi connectivity index (χ0n) is 11.5. The van der Waals surface area contributed by atoms with Crippen molar-refractivity contribution in [3.8, 4) is 0 Å². The molecule has 20 heavy (non-hydrogen) atoms. The van der Waals surface area contributed by atoms with Gasteiger partial charge in [0, 0.05) is 18.8 Å². The Labute approximate surface area is 124 Å². The molecule has 5 heteroatoms. The maximum Gasteiger partial charge on any atom is 0.255 e. The first-order valence-corrected chi connectivity index (χ1v) is 7.76.